The van der Waals surface area contributed by atoms with E-state index in [0.717, 1.165) is 18.8 Å². The molecule has 2 aliphatic rings. The first-order valence-corrected chi connectivity index (χ1v) is 7.46. The van der Waals surface area contributed by atoms with Gasteiger partial charge in [-0.25, -0.2) is 0 Å². The van der Waals surface area contributed by atoms with Gasteiger partial charge in [0.1, 0.15) is 0 Å². The van der Waals surface area contributed by atoms with E-state index in [1.165, 1.54) is 44.9 Å². The molecule has 2 fully saturated rings. The van der Waals surface area contributed by atoms with E-state index in [1.54, 1.807) is 7.11 Å². The van der Waals surface area contributed by atoms with Crippen molar-refractivity contribution >= 4 is 0 Å². The molecule has 0 aromatic rings. The lowest BCUT2D eigenvalue weighted by Crippen LogP contribution is -2.52. The Morgan fingerprint density at radius 3 is 2.41 bits per heavy atom. The van der Waals surface area contributed by atoms with Gasteiger partial charge in [-0.05, 0) is 37.5 Å². The maximum atomic E-state index is 11.0. The minimum absolute atomic E-state index is 0.0828. The normalized spacial score (nSPS) is 43.6. The Morgan fingerprint density at radius 1 is 1.12 bits per heavy atom. The van der Waals surface area contributed by atoms with Crippen molar-refractivity contribution < 1.29 is 9.84 Å². The second-order valence-corrected chi connectivity index (χ2v) is 6.09. The topological polar surface area (TPSA) is 29.5 Å². The van der Waals surface area contributed by atoms with E-state index in [2.05, 4.69) is 6.92 Å². The fourth-order valence-electron chi connectivity index (χ4n) is 4.01. The van der Waals surface area contributed by atoms with Crippen LogP contribution in [0, 0.1) is 11.8 Å². The highest BCUT2D eigenvalue weighted by molar-refractivity contribution is 4.97. The van der Waals surface area contributed by atoms with Crippen LogP contribution in [0.2, 0.25) is 0 Å². The highest BCUT2D eigenvalue weighted by atomic mass is 16.5. The Morgan fingerprint density at radius 2 is 1.82 bits per heavy atom. The molecule has 100 valence electrons. The molecule has 2 heteroatoms. The van der Waals surface area contributed by atoms with Gasteiger partial charge < -0.3 is 9.84 Å². The largest absolute Gasteiger partial charge is 0.387 e. The summed E-state index contributed by atoms with van der Waals surface area (Å²) in [6.45, 7) is 2.29. The van der Waals surface area contributed by atoms with Crippen molar-refractivity contribution in [1.29, 1.82) is 0 Å². The van der Waals surface area contributed by atoms with Gasteiger partial charge >= 0.3 is 0 Å². The van der Waals surface area contributed by atoms with Gasteiger partial charge in [-0.2, -0.15) is 0 Å². The van der Waals surface area contributed by atoms with Crippen molar-refractivity contribution in [1.82, 2.24) is 0 Å². The number of rotatable bonds is 3. The molecule has 0 aliphatic heterocycles. The number of methoxy groups -OCH3 is 1. The molecule has 2 rings (SSSR count). The van der Waals surface area contributed by atoms with E-state index in [-0.39, 0.29) is 6.10 Å². The molecule has 0 aromatic carbocycles. The van der Waals surface area contributed by atoms with Gasteiger partial charge in [-0.1, -0.05) is 39.0 Å². The molecule has 0 bridgehead atoms. The zero-order chi connectivity index (χ0) is 12.3. The molecule has 2 atom stereocenters. The van der Waals surface area contributed by atoms with Crippen LogP contribution in [0.25, 0.3) is 0 Å². The molecule has 0 aromatic heterocycles. The van der Waals surface area contributed by atoms with Gasteiger partial charge in [0.2, 0.25) is 0 Å². The van der Waals surface area contributed by atoms with Gasteiger partial charge in [0.15, 0.2) is 0 Å². The monoisotopic (exact) mass is 240 g/mol. The van der Waals surface area contributed by atoms with Crippen molar-refractivity contribution in [3.05, 3.63) is 0 Å². The third-order valence-electron chi connectivity index (χ3n) is 5.27. The number of aliphatic hydroxyl groups is 1. The molecular formula is C15H28O2. The lowest BCUT2D eigenvalue weighted by Gasteiger charge is -2.46. The minimum Gasteiger partial charge on any atom is -0.387 e. The first kappa shape index (κ1) is 13.4. The summed E-state index contributed by atoms with van der Waals surface area (Å²) < 4.78 is 5.56. The molecule has 2 unspecified atom stereocenters. The van der Waals surface area contributed by atoms with Gasteiger partial charge in [0.05, 0.1) is 11.7 Å². The summed E-state index contributed by atoms with van der Waals surface area (Å²) in [4.78, 5) is 0. The molecule has 0 heterocycles. The van der Waals surface area contributed by atoms with Gasteiger partial charge in [-0.3, -0.25) is 0 Å². The van der Waals surface area contributed by atoms with E-state index >= 15 is 0 Å². The van der Waals surface area contributed by atoms with E-state index in [0.29, 0.717) is 5.92 Å². The zero-order valence-electron chi connectivity index (χ0n) is 11.5. The van der Waals surface area contributed by atoms with Crippen molar-refractivity contribution in [2.24, 2.45) is 11.8 Å². The Balaban J connectivity index is 1.99. The highest BCUT2D eigenvalue weighted by Crippen LogP contribution is 2.44. The third-order valence-corrected chi connectivity index (χ3v) is 5.27. The van der Waals surface area contributed by atoms with Crippen LogP contribution in [0.4, 0.5) is 0 Å². The summed E-state index contributed by atoms with van der Waals surface area (Å²) in [6, 6.07) is 0. The molecule has 17 heavy (non-hydrogen) atoms. The van der Waals surface area contributed by atoms with Crippen LogP contribution in [0.1, 0.15) is 64.7 Å². The second kappa shape index (κ2) is 5.71. The van der Waals surface area contributed by atoms with Crippen LogP contribution < -0.4 is 0 Å². The summed E-state index contributed by atoms with van der Waals surface area (Å²) in [7, 11) is 1.76. The highest BCUT2D eigenvalue weighted by Gasteiger charge is 2.46. The lowest BCUT2D eigenvalue weighted by molar-refractivity contribution is -0.157. The van der Waals surface area contributed by atoms with Crippen molar-refractivity contribution in [2.45, 2.75) is 76.4 Å². The molecule has 0 radical (unpaired) electrons. The third kappa shape index (κ3) is 2.68. The maximum Gasteiger partial charge on any atom is 0.0935 e. The molecule has 0 spiro atoms. The second-order valence-electron chi connectivity index (χ2n) is 6.09. The van der Waals surface area contributed by atoms with E-state index < -0.39 is 5.60 Å². The molecule has 0 amide bonds. The molecule has 2 aliphatic carbocycles. The maximum absolute atomic E-state index is 11.0. The average molecular weight is 240 g/mol. The molecule has 2 saturated carbocycles. The zero-order valence-corrected chi connectivity index (χ0v) is 11.5. The van der Waals surface area contributed by atoms with Crippen LogP contribution in [-0.4, -0.2) is 23.9 Å². The Kier molecular flexibility index (Phi) is 4.48. The number of hydrogen-bond acceptors (Lipinski definition) is 2. The predicted octanol–water partition coefficient (Wildman–Crippen LogP) is 3.52. The van der Waals surface area contributed by atoms with Crippen molar-refractivity contribution in [3.8, 4) is 0 Å². The van der Waals surface area contributed by atoms with E-state index in [4.69, 9.17) is 4.74 Å². The molecular weight excluding hydrogens is 212 g/mol. The predicted molar refractivity (Wildman–Crippen MR) is 70.0 cm³/mol. The number of hydrogen-bond donors (Lipinski definition) is 1. The quantitative estimate of drug-likeness (QED) is 0.818. The van der Waals surface area contributed by atoms with Crippen LogP contribution in [0.5, 0.6) is 0 Å². The number of ether oxygens (including phenoxy) is 1. The van der Waals surface area contributed by atoms with Crippen molar-refractivity contribution in [3.63, 3.8) is 0 Å². The summed E-state index contributed by atoms with van der Waals surface area (Å²) >= 11 is 0. The Bertz CT molecular complexity index is 233. The Labute approximate surface area is 106 Å². The van der Waals surface area contributed by atoms with Gasteiger partial charge in [-0.15, -0.1) is 0 Å². The van der Waals surface area contributed by atoms with Crippen LogP contribution in [0.15, 0.2) is 0 Å². The summed E-state index contributed by atoms with van der Waals surface area (Å²) in [6.07, 6.45) is 10.8. The van der Waals surface area contributed by atoms with Gasteiger partial charge in [0.25, 0.3) is 0 Å². The van der Waals surface area contributed by atoms with Crippen molar-refractivity contribution in [2.75, 3.05) is 7.11 Å². The first-order valence-electron chi connectivity index (χ1n) is 7.46. The fraction of sp³-hybridized carbons (Fsp3) is 1.00. The molecule has 1 N–H and O–H groups in total. The fourth-order valence-corrected chi connectivity index (χ4v) is 4.01. The van der Waals surface area contributed by atoms with Crippen LogP contribution >= 0.6 is 0 Å². The van der Waals surface area contributed by atoms with Crippen LogP contribution in [-0.2, 0) is 4.74 Å². The Hall–Kier alpha value is -0.0800. The molecule has 2 nitrogen and oxygen atoms in total. The van der Waals surface area contributed by atoms with E-state index in [9.17, 15) is 5.11 Å². The summed E-state index contributed by atoms with van der Waals surface area (Å²) in [5, 5.41) is 11.0. The first-order chi connectivity index (χ1) is 8.20. The summed E-state index contributed by atoms with van der Waals surface area (Å²) in [5.41, 5.74) is -0.522. The SMILES string of the molecule is CCC1CCC(C2(O)CCCCC2OC)CC1. The summed E-state index contributed by atoms with van der Waals surface area (Å²) in [5.74, 6) is 1.38. The smallest absolute Gasteiger partial charge is 0.0935 e. The van der Waals surface area contributed by atoms with E-state index in [1.807, 2.05) is 0 Å². The van der Waals surface area contributed by atoms with Gasteiger partial charge in [0, 0.05) is 7.11 Å². The average Bonchev–Trinajstić information content (AvgIpc) is 2.39. The standard InChI is InChI=1S/C15H28O2/c1-3-12-7-9-13(10-8-12)15(16)11-5-4-6-14(15)17-2/h12-14,16H,3-11H2,1-2H3. The van der Waals surface area contributed by atoms with Crippen LogP contribution in [0.3, 0.4) is 0 Å². The minimum atomic E-state index is -0.522. The lowest BCUT2D eigenvalue weighted by atomic mass is 9.66. The molecule has 0 saturated heterocycles.